The van der Waals surface area contributed by atoms with Crippen LogP contribution in [0.5, 0.6) is 0 Å². The van der Waals surface area contributed by atoms with Crippen LogP contribution in [0.2, 0.25) is 0 Å². The van der Waals surface area contributed by atoms with Crippen molar-refractivity contribution < 1.29 is 19.1 Å². The molecule has 0 radical (unpaired) electrons. The lowest BCUT2D eigenvalue weighted by molar-refractivity contribution is 0.0535. The molecule has 0 atom stereocenters. The van der Waals surface area contributed by atoms with E-state index in [9.17, 15) is 19.6 Å². The molecule has 1 aromatic heterocycles. The highest BCUT2D eigenvalue weighted by atomic mass is 16.5. The predicted molar refractivity (Wildman–Crippen MR) is 124 cm³/mol. The topological polar surface area (TPSA) is 122 Å². The van der Waals surface area contributed by atoms with E-state index in [4.69, 9.17) is 10.5 Å². The molecule has 0 unspecified atom stereocenters. The Kier molecular flexibility index (Phi) is 6.32. The second-order valence-electron chi connectivity index (χ2n) is 7.75. The molecule has 1 aliphatic heterocycles. The molecule has 1 saturated heterocycles. The van der Waals surface area contributed by atoms with Gasteiger partial charge in [-0.15, -0.1) is 0 Å². The maximum Gasteiger partial charge on any atom is 0.357 e. The van der Waals surface area contributed by atoms with Gasteiger partial charge < -0.3 is 24.8 Å². The van der Waals surface area contributed by atoms with Crippen molar-refractivity contribution in [3.05, 3.63) is 83.2 Å². The second kappa shape index (κ2) is 9.50. The van der Waals surface area contributed by atoms with Gasteiger partial charge in [0.2, 0.25) is 0 Å². The van der Waals surface area contributed by atoms with Crippen LogP contribution >= 0.6 is 0 Å². The third kappa shape index (κ3) is 4.09. The number of anilines is 1. The number of nitriles is 1. The Hall–Kier alpha value is -4.58. The third-order valence-electron chi connectivity index (χ3n) is 5.81. The standard InChI is InChI=1S/C25H23N5O4/c1-34-25(33)22-21(27)18(15-26)16-30(22)20-10-6-5-9-19(20)24(32)29-13-11-28(12-14-29)23(31)17-7-3-2-4-8-17/h2-10,16H,11-14,27H2,1H3. The first-order chi connectivity index (χ1) is 16.5. The minimum absolute atomic E-state index is 0.00959. The highest BCUT2D eigenvalue weighted by molar-refractivity contribution is 6.00. The lowest BCUT2D eigenvalue weighted by atomic mass is 10.1. The van der Waals surface area contributed by atoms with Crippen LogP contribution in [0.25, 0.3) is 5.69 Å². The fourth-order valence-electron chi connectivity index (χ4n) is 4.02. The highest BCUT2D eigenvalue weighted by Crippen LogP contribution is 2.27. The number of para-hydroxylation sites is 1. The monoisotopic (exact) mass is 457 g/mol. The van der Waals surface area contributed by atoms with E-state index in [1.54, 1.807) is 46.2 Å². The average Bonchev–Trinajstić information content (AvgIpc) is 3.23. The number of ether oxygens (including phenoxy) is 1. The van der Waals surface area contributed by atoms with E-state index in [0.29, 0.717) is 43.0 Å². The summed E-state index contributed by atoms with van der Waals surface area (Å²) in [7, 11) is 1.22. The normalized spacial score (nSPS) is 13.3. The van der Waals surface area contributed by atoms with Crippen LogP contribution in [-0.2, 0) is 4.74 Å². The Bertz CT molecular complexity index is 1280. The van der Waals surface area contributed by atoms with Gasteiger partial charge in [0.25, 0.3) is 11.8 Å². The molecule has 1 aliphatic rings. The summed E-state index contributed by atoms with van der Waals surface area (Å²) in [4.78, 5) is 42.0. The maximum absolute atomic E-state index is 13.4. The number of piperazine rings is 1. The summed E-state index contributed by atoms with van der Waals surface area (Å²) in [6.45, 7) is 1.55. The minimum Gasteiger partial charge on any atom is -0.464 e. The van der Waals surface area contributed by atoms with Crippen molar-refractivity contribution in [3.63, 3.8) is 0 Å². The molecule has 3 aromatic rings. The minimum atomic E-state index is -0.714. The van der Waals surface area contributed by atoms with E-state index in [-0.39, 0.29) is 28.8 Å². The number of hydrogen-bond acceptors (Lipinski definition) is 6. The van der Waals surface area contributed by atoms with Gasteiger partial charge in [-0.1, -0.05) is 30.3 Å². The lowest BCUT2D eigenvalue weighted by Crippen LogP contribution is -2.50. The summed E-state index contributed by atoms with van der Waals surface area (Å²) in [5.74, 6) is -1.03. The van der Waals surface area contributed by atoms with Crippen molar-refractivity contribution in [3.8, 4) is 11.8 Å². The smallest absolute Gasteiger partial charge is 0.357 e. The fraction of sp³-hybridized carbons (Fsp3) is 0.200. The van der Waals surface area contributed by atoms with Gasteiger partial charge in [-0.3, -0.25) is 9.59 Å². The van der Waals surface area contributed by atoms with Gasteiger partial charge in [-0.2, -0.15) is 5.26 Å². The molecule has 2 heterocycles. The van der Waals surface area contributed by atoms with E-state index in [1.165, 1.54) is 17.9 Å². The molecule has 9 nitrogen and oxygen atoms in total. The molecular formula is C25H23N5O4. The molecule has 0 saturated carbocycles. The number of esters is 1. The zero-order valence-electron chi connectivity index (χ0n) is 18.6. The Morgan fingerprint density at radius 1 is 0.912 bits per heavy atom. The van der Waals surface area contributed by atoms with Gasteiger partial charge >= 0.3 is 5.97 Å². The van der Waals surface area contributed by atoms with Gasteiger partial charge in [-0.05, 0) is 24.3 Å². The summed E-state index contributed by atoms with van der Waals surface area (Å²) in [5, 5.41) is 9.39. The third-order valence-corrected chi connectivity index (χ3v) is 5.81. The zero-order chi connectivity index (χ0) is 24.2. The molecule has 0 aliphatic carbocycles. The van der Waals surface area contributed by atoms with Crippen molar-refractivity contribution >= 4 is 23.5 Å². The second-order valence-corrected chi connectivity index (χ2v) is 7.75. The molecule has 9 heteroatoms. The van der Waals surface area contributed by atoms with E-state index < -0.39 is 5.97 Å². The number of carbonyl (C=O) groups is 3. The summed E-state index contributed by atoms with van der Waals surface area (Å²) in [6, 6.07) is 17.8. The van der Waals surface area contributed by atoms with Crippen LogP contribution in [0.4, 0.5) is 5.69 Å². The van der Waals surface area contributed by atoms with E-state index >= 15 is 0 Å². The number of nitrogens with two attached hydrogens (primary N) is 1. The number of carbonyl (C=O) groups excluding carboxylic acids is 3. The Morgan fingerprint density at radius 3 is 2.12 bits per heavy atom. The summed E-state index contributed by atoms with van der Waals surface area (Å²) in [5.41, 5.74) is 7.45. The maximum atomic E-state index is 13.4. The van der Waals surface area contributed by atoms with Crippen LogP contribution < -0.4 is 5.73 Å². The Labute approximate surface area is 196 Å². The van der Waals surface area contributed by atoms with E-state index in [0.717, 1.165) is 0 Å². The first-order valence-corrected chi connectivity index (χ1v) is 10.7. The van der Waals surface area contributed by atoms with Crippen LogP contribution in [0.1, 0.15) is 36.8 Å². The fourth-order valence-corrected chi connectivity index (χ4v) is 4.02. The number of hydrogen-bond donors (Lipinski definition) is 1. The number of nitrogen functional groups attached to an aromatic ring is 1. The van der Waals surface area contributed by atoms with Crippen LogP contribution in [0.15, 0.2) is 60.8 Å². The van der Waals surface area contributed by atoms with Crippen molar-refractivity contribution in [1.29, 1.82) is 5.26 Å². The number of methoxy groups -OCH3 is 1. The van der Waals surface area contributed by atoms with Crippen LogP contribution in [0.3, 0.4) is 0 Å². The zero-order valence-corrected chi connectivity index (χ0v) is 18.6. The van der Waals surface area contributed by atoms with Crippen molar-refractivity contribution in [2.75, 3.05) is 39.0 Å². The highest BCUT2D eigenvalue weighted by Gasteiger charge is 2.29. The SMILES string of the molecule is COC(=O)c1c(N)c(C#N)cn1-c1ccccc1C(=O)N1CCN(C(=O)c2ccccc2)CC1. The van der Waals surface area contributed by atoms with Crippen molar-refractivity contribution in [2.45, 2.75) is 0 Å². The number of rotatable bonds is 4. The lowest BCUT2D eigenvalue weighted by Gasteiger charge is -2.35. The average molecular weight is 457 g/mol. The molecular weight excluding hydrogens is 434 g/mol. The quantitative estimate of drug-likeness (QED) is 0.600. The molecule has 4 rings (SSSR count). The molecule has 34 heavy (non-hydrogen) atoms. The van der Waals surface area contributed by atoms with E-state index in [1.807, 2.05) is 24.3 Å². The van der Waals surface area contributed by atoms with Crippen LogP contribution in [-0.4, -0.2) is 65.4 Å². The Morgan fingerprint density at radius 2 is 1.50 bits per heavy atom. The van der Waals surface area contributed by atoms with E-state index in [2.05, 4.69) is 0 Å². The molecule has 2 amide bonds. The van der Waals surface area contributed by atoms with Gasteiger partial charge in [0.15, 0.2) is 5.69 Å². The van der Waals surface area contributed by atoms with Crippen molar-refractivity contribution in [1.82, 2.24) is 14.4 Å². The number of nitrogens with zero attached hydrogens (tertiary/aromatic N) is 4. The first-order valence-electron chi connectivity index (χ1n) is 10.7. The van der Waals surface area contributed by atoms with Gasteiger partial charge in [0.05, 0.1) is 29.6 Å². The summed E-state index contributed by atoms with van der Waals surface area (Å²) >= 11 is 0. The molecule has 1 fully saturated rings. The van der Waals surface area contributed by atoms with Gasteiger partial charge in [0.1, 0.15) is 6.07 Å². The summed E-state index contributed by atoms with van der Waals surface area (Å²) in [6.07, 6.45) is 1.42. The van der Waals surface area contributed by atoms with Gasteiger partial charge in [0, 0.05) is 37.9 Å². The molecule has 0 bridgehead atoms. The molecule has 2 aromatic carbocycles. The van der Waals surface area contributed by atoms with Crippen LogP contribution in [0, 0.1) is 11.3 Å². The van der Waals surface area contributed by atoms with Gasteiger partial charge in [-0.25, -0.2) is 4.79 Å². The number of benzene rings is 2. The summed E-state index contributed by atoms with van der Waals surface area (Å²) < 4.78 is 6.26. The first kappa shape index (κ1) is 22.6. The predicted octanol–water partition coefficient (Wildman–Crippen LogP) is 2.32. The Balaban J connectivity index is 1.59. The number of aromatic nitrogens is 1. The van der Waals surface area contributed by atoms with Crippen molar-refractivity contribution in [2.24, 2.45) is 0 Å². The molecule has 172 valence electrons. The largest absolute Gasteiger partial charge is 0.464 e. The number of amides is 2. The molecule has 2 N–H and O–H groups in total. The molecule has 0 spiro atoms.